The van der Waals surface area contributed by atoms with E-state index in [2.05, 4.69) is 10.0 Å². The van der Waals surface area contributed by atoms with E-state index in [-0.39, 0.29) is 5.75 Å². The summed E-state index contributed by atoms with van der Waals surface area (Å²) in [7, 11) is 0.621. The first-order valence-electron chi connectivity index (χ1n) is 6.81. The summed E-state index contributed by atoms with van der Waals surface area (Å²) in [4.78, 5) is 1.97. The highest BCUT2D eigenvalue weighted by Crippen LogP contribution is 2.16. The lowest BCUT2D eigenvalue weighted by molar-refractivity contribution is 0.571. The third kappa shape index (κ3) is 6.25. The van der Waals surface area contributed by atoms with E-state index in [0.29, 0.717) is 24.7 Å². The molecule has 0 atom stereocenters. The molecule has 114 valence electrons. The Morgan fingerprint density at radius 2 is 1.75 bits per heavy atom. The van der Waals surface area contributed by atoms with Crippen LogP contribution in [0.25, 0.3) is 0 Å². The van der Waals surface area contributed by atoms with E-state index >= 15 is 0 Å². The zero-order valence-corrected chi connectivity index (χ0v) is 13.5. The van der Waals surface area contributed by atoms with Crippen LogP contribution < -0.4 is 14.9 Å². The van der Waals surface area contributed by atoms with E-state index in [9.17, 15) is 8.42 Å². The van der Waals surface area contributed by atoms with Gasteiger partial charge in [0.1, 0.15) is 0 Å². The normalized spacial score (nSPS) is 11.7. The quantitative estimate of drug-likeness (QED) is 0.720. The van der Waals surface area contributed by atoms with Crippen LogP contribution in [0.1, 0.15) is 20.3 Å². The maximum absolute atomic E-state index is 11.9. The van der Waals surface area contributed by atoms with Crippen LogP contribution in [0.4, 0.5) is 11.4 Å². The van der Waals surface area contributed by atoms with Crippen LogP contribution in [0.2, 0.25) is 0 Å². The topological polar surface area (TPSA) is 61.4 Å². The van der Waals surface area contributed by atoms with Gasteiger partial charge in [0.25, 0.3) is 0 Å². The van der Waals surface area contributed by atoms with Gasteiger partial charge in [-0.25, -0.2) is 8.42 Å². The highest BCUT2D eigenvalue weighted by atomic mass is 32.2. The van der Waals surface area contributed by atoms with E-state index in [4.69, 9.17) is 0 Å². The Kier molecular flexibility index (Phi) is 6.29. The molecule has 1 rings (SSSR count). The van der Waals surface area contributed by atoms with Crippen molar-refractivity contribution in [2.45, 2.75) is 26.3 Å². The van der Waals surface area contributed by atoms with Crippen molar-refractivity contribution in [3.63, 3.8) is 0 Å². The van der Waals surface area contributed by atoms with Gasteiger partial charge in [-0.05, 0) is 37.2 Å². The van der Waals surface area contributed by atoms with Gasteiger partial charge in [0.15, 0.2) is 0 Å². The molecule has 0 spiro atoms. The standard InChI is InChI=1S/C14H25N3O2S/c1-12(2)15-10-5-11-20(18,19)16-13-6-8-14(9-7-13)17(3)4/h6-9,12,15-16H,5,10-11H2,1-4H3. The van der Waals surface area contributed by atoms with Crippen LogP contribution >= 0.6 is 0 Å². The van der Waals surface area contributed by atoms with Gasteiger partial charge in [-0.1, -0.05) is 13.8 Å². The molecule has 0 saturated carbocycles. The Labute approximate surface area is 122 Å². The number of nitrogens with zero attached hydrogens (tertiary/aromatic N) is 1. The van der Waals surface area contributed by atoms with Gasteiger partial charge in [0, 0.05) is 31.5 Å². The van der Waals surface area contributed by atoms with E-state index < -0.39 is 10.0 Å². The fourth-order valence-electron chi connectivity index (χ4n) is 1.71. The summed E-state index contributed by atoms with van der Waals surface area (Å²) in [5.41, 5.74) is 1.64. The summed E-state index contributed by atoms with van der Waals surface area (Å²) in [6.45, 7) is 4.79. The highest BCUT2D eigenvalue weighted by molar-refractivity contribution is 7.92. The monoisotopic (exact) mass is 299 g/mol. The summed E-state index contributed by atoms with van der Waals surface area (Å²) in [5, 5.41) is 3.20. The second kappa shape index (κ2) is 7.50. The lowest BCUT2D eigenvalue weighted by atomic mass is 10.3. The first-order valence-corrected chi connectivity index (χ1v) is 8.46. The van der Waals surface area contributed by atoms with Crippen LogP contribution in [-0.2, 0) is 10.0 Å². The first-order chi connectivity index (χ1) is 9.30. The average molecular weight is 299 g/mol. The molecule has 0 bridgehead atoms. The van der Waals surface area contributed by atoms with Crippen LogP contribution in [0.15, 0.2) is 24.3 Å². The zero-order valence-electron chi connectivity index (χ0n) is 12.7. The van der Waals surface area contributed by atoms with Crippen LogP contribution in [-0.4, -0.2) is 40.9 Å². The molecular formula is C14H25N3O2S. The predicted octanol–water partition coefficient (Wildman–Crippen LogP) is 1.88. The van der Waals surface area contributed by atoms with Crippen molar-refractivity contribution in [3.8, 4) is 0 Å². The van der Waals surface area contributed by atoms with Crippen molar-refractivity contribution in [1.29, 1.82) is 0 Å². The highest BCUT2D eigenvalue weighted by Gasteiger charge is 2.10. The van der Waals surface area contributed by atoms with Gasteiger partial charge < -0.3 is 10.2 Å². The van der Waals surface area contributed by atoms with Gasteiger partial charge in [-0.15, -0.1) is 0 Å². The minimum absolute atomic E-state index is 0.127. The molecule has 2 N–H and O–H groups in total. The van der Waals surface area contributed by atoms with E-state index in [1.165, 1.54) is 0 Å². The number of hydrogen-bond donors (Lipinski definition) is 2. The molecule has 0 aliphatic heterocycles. The van der Waals surface area contributed by atoms with E-state index in [1.54, 1.807) is 12.1 Å². The summed E-state index contributed by atoms with van der Waals surface area (Å²) < 4.78 is 26.4. The molecule has 0 unspecified atom stereocenters. The largest absolute Gasteiger partial charge is 0.378 e. The molecule has 0 amide bonds. The lowest BCUT2D eigenvalue weighted by Crippen LogP contribution is -2.26. The van der Waals surface area contributed by atoms with Gasteiger partial charge in [0.2, 0.25) is 10.0 Å². The number of benzene rings is 1. The minimum Gasteiger partial charge on any atom is -0.378 e. The van der Waals surface area contributed by atoms with Crippen molar-refractivity contribution < 1.29 is 8.42 Å². The van der Waals surface area contributed by atoms with E-state index in [1.807, 2.05) is 45.0 Å². The van der Waals surface area contributed by atoms with E-state index in [0.717, 1.165) is 5.69 Å². The third-order valence-corrected chi connectivity index (χ3v) is 4.17. The lowest BCUT2D eigenvalue weighted by Gasteiger charge is -2.13. The molecule has 0 fully saturated rings. The number of sulfonamides is 1. The molecule has 5 nitrogen and oxygen atoms in total. The Hall–Kier alpha value is -1.27. The molecule has 6 heteroatoms. The summed E-state index contributed by atoms with van der Waals surface area (Å²) in [5.74, 6) is 0.127. The number of nitrogens with one attached hydrogen (secondary N) is 2. The molecule has 1 aromatic carbocycles. The Bertz CT molecular complexity index is 496. The number of hydrogen-bond acceptors (Lipinski definition) is 4. The van der Waals surface area contributed by atoms with Crippen molar-refractivity contribution >= 4 is 21.4 Å². The summed E-state index contributed by atoms with van der Waals surface area (Å²) in [6, 6.07) is 7.71. The van der Waals surface area contributed by atoms with Crippen LogP contribution in [0, 0.1) is 0 Å². The van der Waals surface area contributed by atoms with Crippen molar-refractivity contribution in [1.82, 2.24) is 5.32 Å². The Balaban J connectivity index is 2.49. The Morgan fingerprint density at radius 1 is 1.15 bits per heavy atom. The van der Waals surface area contributed by atoms with Crippen molar-refractivity contribution in [2.75, 3.05) is 36.0 Å². The molecule has 1 aromatic rings. The fraction of sp³-hybridized carbons (Fsp3) is 0.571. The molecule has 20 heavy (non-hydrogen) atoms. The predicted molar refractivity (Wildman–Crippen MR) is 85.9 cm³/mol. The Morgan fingerprint density at radius 3 is 2.25 bits per heavy atom. The van der Waals surface area contributed by atoms with Crippen molar-refractivity contribution in [3.05, 3.63) is 24.3 Å². The molecule has 0 heterocycles. The van der Waals surface area contributed by atoms with Crippen LogP contribution in [0.5, 0.6) is 0 Å². The molecule has 0 radical (unpaired) electrons. The molecule has 0 aromatic heterocycles. The molecule has 0 aliphatic rings. The second-order valence-corrected chi connectivity index (χ2v) is 7.17. The SMILES string of the molecule is CC(C)NCCCS(=O)(=O)Nc1ccc(N(C)C)cc1. The maximum Gasteiger partial charge on any atom is 0.232 e. The maximum atomic E-state index is 11.9. The minimum atomic E-state index is -3.27. The summed E-state index contributed by atoms with van der Waals surface area (Å²) >= 11 is 0. The fourth-order valence-corrected chi connectivity index (χ4v) is 2.83. The van der Waals surface area contributed by atoms with Gasteiger partial charge in [0.05, 0.1) is 5.75 Å². The third-order valence-electron chi connectivity index (χ3n) is 2.80. The summed E-state index contributed by atoms with van der Waals surface area (Å²) in [6.07, 6.45) is 0.600. The molecule has 0 saturated heterocycles. The smallest absolute Gasteiger partial charge is 0.232 e. The number of rotatable bonds is 8. The van der Waals surface area contributed by atoms with Gasteiger partial charge in [-0.3, -0.25) is 4.72 Å². The second-order valence-electron chi connectivity index (χ2n) is 5.32. The number of anilines is 2. The van der Waals surface area contributed by atoms with Crippen LogP contribution in [0.3, 0.4) is 0 Å². The van der Waals surface area contributed by atoms with Crippen molar-refractivity contribution in [2.24, 2.45) is 0 Å². The van der Waals surface area contributed by atoms with Gasteiger partial charge in [-0.2, -0.15) is 0 Å². The zero-order chi connectivity index (χ0) is 15.2. The molecular weight excluding hydrogens is 274 g/mol. The average Bonchev–Trinajstić information content (AvgIpc) is 2.34. The molecule has 0 aliphatic carbocycles. The first kappa shape index (κ1) is 16.8. The van der Waals surface area contributed by atoms with Gasteiger partial charge >= 0.3 is 0 Å².